The summed E-state index contributed by atoms with van der Waals surface area (Å²) in [7, 11) is 0. The lowest BCUT2D eigenvalue weighted by Crippen LogP contribution is -2.32. The maximum absolute atomic E-state index is 6.10. The lowest BCUT2D eigenvalue weighted by atomic mass is 9.96. The molecule has 1 saturated heterocycles. The molecule has 0 radical (unpaired) electrons. The second-order valence-corrected chi connectivity index (χ2v) is 5.30. The molecular formula is C14H29NO. The van der Waals surface area contributed by atoms with Crippen molar-refractivity contribution in [2.24, 2.45) is 0 Å². The molecule has 1 unspecified atom stereocenters. The molecule has 1 rings (SSSR count). The molecule has 0 spiro atoms. The van der Waals surface area contributed by atoms with Crippen LogP contribution in [0.2, 0.25) is 0 Å². The second kappa shape index (κ2) is 7.29. The molecule has 0 amide bonds. The van der Waals surface area contributed by atoms with E-state index >= 15 is 0 Å². The van der Waals surface area contributed by atoms with Crippen molar-refractivity contribution in [3.05, 3.63) is 0 Å². The van der Waals surface area contributed by atoms with Gasteiger partial charge in [-0.05, 0) is 45.7 Å². The molecular weight excluding hydrogens is 198 g/mol. The summed E-state index contributed by atoms with van der Waals surface area (Å²) in [5, 5.41) is 0. The first-order valence-corrected chi connectivity index (χ1v) is 7.06. The van der Waals surface area contributed by atoms with E-state index in [-0.39, 0.29) is 5.60 Å². The van der Waals surface area contributed by atoms with E-state index < -0.39 is 0 Å². The Bertz CT molecular complexity index is 178. The van der Waals surface area contributed by atoms with Gasteiger partial charge in [-0.1, -0.05) is 26.7 Å². The SMILES string of the molecule is CCCCC(C)(CC)OCCN1CCCC1. The Kier molecular flexibility index (Phi) is 6.37. The summed E-state index contributed by atoms with van der Waals surface area (Å²) in [4.78, 5) is 2.52. The molecule has 0 aromatic carbocycles. The molecule has 2 heteroatoms. The van der Waals surface area contributed by atoms with Gasteiger partial charge in [0.15, 0.2) is 0 Å². The Hall–Kier alpha value is -0.0800. The van der Waals surface area contributed by atoms with Gasteiger partial charge in [-0.2, -0.15) is 0 Å². The molecule has 1 aliphatic heterocycles. The van der Waals surface area contributed by atoms with E-state index in [1.165, 1.54) is 45.2 Å². The first-order chi connectivity index (χ1) is 7.70. The standard InChI is InChI=1S/C14H29NO/c1-4-6-9-14(3,5-2)16-13-12-15-10-7-8-11-15/h4-13H2,1-3H3. The predicted molar refractivity (Wildman–Crippen MR) is 69.8 cm³/mol. The van der Waals surface area contributed by atoms with Crippen molar-refractivity contribution < 1.29 is 4.74 Å². The summed E-state index contributed by atoms with van der Waals surface area (Å²) >= 11 is 0. The number of hydrogen-bond donors (Lipinski definition) is 0. The molecule has 16 heavy (non-hydrogen) atoms. The third-order valence-electron chi connectivity index (χ3n) is 3.86. The van der Waals surface area contributed by atoms with Crippen molar-refractivity contribution >= 4 is 0 Å². The van der Waals surface area contributed by atoms with Crippen molar-refractivity contribution in [1.29, 1.82) is 0 Å². The normalized spacial score (nSPS) is 21.2. The van der Waals surface area contributed by atoms with E-state index in [0.29, 0.717) is 0 Å². The molecule has 0 aliphatic carbocycles. The molecule has 1 fully saturated rings. The number of ether oxygens (including phenoxy) is 1. The Morgan fingerprint density at radius 2 is 1.88 bits per heavy atom. The van der Waals surface area contributed by atoms with E-state index in [9.17, 15) is 0 Å². The third-order valence-corrected chi connectivity index (χ3v) is 3.86. The van der Waals surface area contributed by atoms with Crippen LogP contribution in [0.4, 0.5) is 0 Å². The zero-order chi connectivity index (χ0) is 11.9. The van der Waals surface area contributed by atoms with Gasteiger partial charge in [0.25, 0.3) is 0 Å². The van der Waals surface area contributed by atoms with E-state index in [1.54, 1.807) is 0 Å². The highest BCUT2D eigenvalue weighted by molar-refractivity contribution is 4.74. The van der Waals surface area contributed by atoms with Gasteiger partial charge in [-0.15, -0.1) is 0 Å². The Labute approximate surface area is 101 Å². The zero-order valence-corrected chi connectivity index (χ0v) is 11.4. The van der Waals surface area contributed by atoms with Gasteiger partial charge in [0.05, 0.1) is 12.2 Å². The number of nitrogens with zero attached hydrogens (tertiary/aromatic N) is 1. The molecule has 1 heterocycles. The van der Waals surface area contributed by atoms with Crippen LogP contribution in [0.15, 0.2) is 0 Å². The van der Waals surface area contributed by atoms with Crippen molar-refractivity contribution in [3.63, 3.8) is 0 Å². The first kappa shape index (κ1) is 14.0. The first-order valence-electron chi connectivity index (χ1n) is 7.06. The van der Waals surface area contributed by atoms with Crippen LogP contribution in [0.3, 0.4) is 0 Å². The fraction of sp³-hybridized carbons (Fsp3) is 1.00. The lowest BCUT2D eigenvalue weighted by Gasteiger charge is -2.29. The molecule has 96 valence electrons. The number of hydrogen-bond acceptors (Lipinski definition) is 2. The topological polar surface area (TPSA) is 12.5 Å². The molecule has 0 aromatic rings. The van der Waals surface area contributed by atoms with E-state index in [1.807, 2.05) is 0 Å². The van der Waals surface area contributed by atoms with Crippen LogP contribution in [-0.2, 0) is 4.74 Å². The quantitative estimate of drug-likeness (QED) is 0.629. The molecule has 1 atom stereocenters. The van der Waals surface area contributed by atoms with E-state index in [2.05, 4.69) is 25.7 Å². The van der Waals surface area contributed by atoms with Crippen molar-refractivity contribution in [3.8, 4) is 0 Å². The average Bonchev–Trinajstić information content (AvgIpc) is 2.79. The monoisotopic (exact) mass is 227 g/mol. The number of unbranched alkanes of at least 4 members (excludes halogenated alkanes) is 1. The van der Waals surface area contributed by atoms with Gasteiger partial charge in [0.2, 0.25) is 0 Å². The Balaban J connectivity index is 2.16. The highest BCUT2D eigenvalue weighted by atomic mass is 16.5. The van der Waals surface area contributed by atoms with Crippen molar-refractivity contribution in [1.82, 2.24) is 4.90 Å². The van der Waals surface area contributed by atoms with Crippen LogP contribution in [-0.4, -0.2) is 36.7 Å². The van der Waals surface area contributed by atoms with Crippen molar-refractivity contribution in [2.45, 2.75) is 64.9 Å². The fourth-order valence-electron chi connectivity index (χ4n) is 2.33. The third kappa shape index (κ3) is 4.84. The summed E-state index contributed by atoms with van der Waals surface area (Å²) in [5.74, 6) is 0. The van der Waals surface area contributed by atoms with Gasteiger partial charge in [-0.25, -0.2) is 0 Å². The van der Waals surface area contributed by atoms with Crippen LogP contribution >= 0.6 is 0 Å². The minimum Gasteiger partial charge on any atom is -0.374 e. The molecule has 0 bridgehead atoms. The summed E-state index contributed by atoms with van der Waals surface area (Å²) in [6.45, 7) is 11.4. The lowest BCUT2D eigenvalue weighted by molar-refractivity contribution is -0.0474. The number of rotatable bonds is 8. The molecule has 2 nitrogen and oxygen atoms in total. The van der Waals surface area contributed by atoms with Crippen LogP contribution in [0, 0.1) is 0 Å². The van der Waals surface area contributed by atoms with Gasteiger partial charge in [0, 0.05) is 6.54 Å². The smallest absolute Gasteiger partial charge is 0.0652 e. The Morgan fingerprint density at radius 1 is 1.19 bits per heavy atom. The summed E-state index contributed by atoms with van der Waals surface area (Å²) in [5.41, 5.74) is 0.121. The number of likely N-dealkylation sites (tertiary alicyclic amines) is 1. The van der Waals surface area contributed by atoms with E-state index in [4.69, 9.17) is 4.74 Å². The minimum absolute atomic E-state index is 0.121. The largest absolute Gasteiger partial charge is 0.374 e. The van der Waals surface area contributed by atoms with Gasteiger partial charge in [-0.3, -0.25) is 0 Å². The molecule has 0 saturated carbocycles. The summed E-state index contributed by atoms with van der Waals surface area (Å²) in [6.07, 6.45) is 7.65. The van der Waals surface area contributed by atoms with E-state index in [0.717, 1.165) is 19.6 Å². The fourth-order valence-corrected chi connectivity index (χ4v) is 2.33. The van der Waals surface area contributed by atoms with Crippen LogP contribution in [0.25, 0.3) is 0 Å². The molecule has 0 aromatic heterocycles. The van der Waals surface area contributed by atoms with Crippen LogP contribution in [0.1, 0.15) is 59.3 Å². The van der Waals surface area contributed by atoms with Crippen LogP contribution < -0.4 is 0 Å². The zero-order valence-electron chi connectivity index (χ0n) is 11.4. The minimum atomic E-state index is 0.121. The molecule has 0 N–H and O–H groups in total. The second-order valence-electron chi connectivity index (χ2n) is 5.30. The van der Waals surface area contributed by atoms with Gasteiger partial charge in [0.1, 0.15) is 0 Å². The highest BCUT2D eigenvalue weighted by Gasteiger charge is 2.22. The summed E-state index contributed by atoms with van der Waals surface area (Å²) in [6, 6.07) is 0. The molecule has 1 aliphatic rings. The van der Waals surface area contributed by atoms with Gasteiger partial charge >= 0.3 is 0 Å². The van der Waals surface area contributed by atoms with Crippen molar-refractivity contribution in [2.75, 3.05) is 26.2 Å². The predicted octanol–water partition coefficient (Wildman–Crippen LogP) is 3.46. The van der Waals surface area contributed by atoms with Gasteiger partial charge < -0.3 is 9.64 Å². The maximum Gasteiger partial charge on any atom is 0.0652 e. The summed E-state index contributed by atoms with van der Waals surface area (Å²) < 4.78 is 6.10. The van der Waals surface area contributed by atoms with Crippen LogP contribution in [0.5, 0.6) is 0 Å². The Morgan fingerprint density at radius 3 is 2.44 bits per heavy atom. The highest BCUT2D eigenvalue weighted by Crippen LogP contribution is 2.22. The average molecular weight is 227 g/mol. The maximum atomic E-state index is 6.10.